The van der Waals surface area contributed by atoms with Crippen LogP contribution in [0.4, 0.5) is 4.39 Å². The minimum atomic E-state index is -0.557. The molecule has 0 aromatic heterocycles. The summed E-state index contributed by atoms with van der Waals surface area (Å²) >= 11 is 0. The molecule has 0 radical (unpaired) electrons. The van der Waals surface area contributed by atoms with Gasteiger partial charge in [0.05, 0.1) is 19.3 Å². The molecular formula is C23H28FNO4. The highest BCUT2D eigenvalue weighted by Gasteiger charge is 2.41. The van der Waals surface area contributed by atoms with Crippen molar-refractivity contribution in [3.05, 3.63) is 59.4 Å². The van der Waals surface area contributed by atoms with Gasteiger partial charge in [0.15, 0.2) is 11.5 Å². The van der Waals surface area contributed by atoms with E-state index in [1.54, 1.807) is 30.3 Å². The molecule has 0 bridgehead atoms. The molecule has 2 aromatic rings. The second-order valence-electron chi connectivity index (χ2n) is 8.18. The number of carbonyl (C=O) groups is 1. The SMILES string of the molecule is COc1cccc([C@H]2C[C@@](C)(NC(=O)C(C)C)C[C@@H](c3ccc(F)cc3)O2)c1O. The molecule has 3 rings (SSSR count). The van der Waals surface area contributed by atoms with Gasteiger partial charge < -0.3 is 19.9 Å². The number of nitrogens with one attached hydrogen (secondary N) is 1. The number of methoxy groups -OCH3 is 1. The number of para-hydroxylation sites is 1. The van der Waals surface area contributed by atoms with Crippen LogP contribution in [-0.2, 0) is 9.53 Å². The first kappa shape index (κ1) is 21.1. The lowest BCUT2D eigenvalue weighted by Crippen LogP contribution is -2.52. The minimum Gasteiger partial charge on any atom is -0.504 e. The first-order chi connectivity index (χ1) is 13.7. The van der Waals surface area contributed by atoms with E-state index in [1.165, 1.54) is 19.2 Å². The van der Waals surface area contributed by atoms with E-state index in [-0.39, 0.29) is 29.5 Å². The standard InChI is InChI=1S/C23H28FNO4/c1-14(2)22(27)25-23(3)12-19(15-8-10-16(24)11-9-15)29-20(13-23)17-6-5-7-18(28-4)21(17)26/h5-11,14,19-20,26H,12-13H2,1-4H3,(H,25,27)/t19-,20+,23-/m0/s1. The Bertz CT molecular complexity index is 868. The van der Waals surface area contributed by atoms with Crippen LogP contribution in [0.1, 0.15) is 56.9 Å². The summed E-state index contributed by atoms with van der Waals surface area (Å²) in [6.45, 7) is 5.68. The quantitative estimate of drug-likeness (QED) is 0.764. The van der Waals surface area contributed by atoms with Gasteiger partial charge in [0, 0.05) is 29.9 Å². The maximum absolute atomic E-state index is 13.4. The molecular weight excluding hydrogens is 373 g/mol. The summed E-state index contributed by atoms with van der Waals surface area (Å²) < 4.78 is 25.0. The predicted molar refractivity (Wildman–Crippen MR) is 108 cm³/mol. The maximum atomic E-state index is 13.4. The van der Waals surface area contributed by atoms with Crippen molar-refractivity contribution >= 4 is 5.91 Å². The van der Waals surface area contributed by atoms with Gasteiger partial charge in [-0.25, -0.2) is 4.39 Å². The molecule has 3 atom stereocenters. The Hall–Kier alpha value is -2.60. The Morgan fingerprint density at radius 1 is 1.21 bits per heavy atom. The summed E-state index contributed by atoms with van der Waals surface area (Å²) in [6, 6.07) is 11.4. The second kappa shape index (κ2) is 8.41. The normalized spacial score (nSPS) is 24.3. The molecule has 1 fully saturated rings. The number of phenols is 1. The van der Waals surface area contributed by atoms with Crippen molar-refractivity contribution in [3.8, 4) is 11.5 Å². The van der Waals surface area contributed by atoms with E-state index >= 15 is 0 Å². The van der Waals surface area contributed by atoms with Crippen LogP contribution in [0, 0.1) is 11.7 Å². The summed E-state index contributed by atoms with van der Waals surface area (Å²) in [4.78, 5) is 12.4. The highest BCUT2D eigenvalue weighted by atomic mass is 19.1. The van der Waals surface area contributed by atoms with Gasteiger partial charge in [0.1, 0.15) is 5.82 Å². The van der Waals surface area contributed by atoms with Gasteiger partial charge in [-0.1, -0.05) is 38.1 Å². The molecule has 0 spiro atoms. The summed E-state index contributed by atoms with van der Waals surface area (Å²) in [6.07, 6.45) is 0.200. The third-order valence-corrected chi connectivity index (χ3v) is 5.39. The third kappa shape index (κ3) is 4.70. The number of phenolic OH excluding ortho intramolecular Hbond substituents is 1. The second-order valence-corrected chi connectivity index (χ2v) is 8.18. The van der Waals surface area contributed by atoms with E-state index in [9.17, 15) is 14.3 Å². The molecule has 2 N–H and O–H groups in total. The van der Waals surface area contributed by atoms with Crippen molar-refractivity contribution in [3.63, 3.8) is 0 Å². The fourth-order valence-corrected chi connectivity index (χ4v) is 3.76. The number of ether oxygens (including phenoxy) is 2. The van der Waals surface area contributed by atoms with Crippen molar-refractivity contribution in [2.24, 2.45) is 5.92 Å². The number of benzene rings is 2. The predicted octanol–water partition coefficient (Wildman–Crippen LogP) is 4.66. The Labute approximate surface area is 170 Å². The average molecular weight is 401 g/mol. The molecule has 1 amide bonds. The van der Waals surface area contributed by atoms with Crippen LogP contribution in [0.15, 0.2) is 42.5 Å². The molecule has 1 aliphatic rings. The Balaban J connectivity index is 1.97. The zero-order valence-electron chi connectivity index (χ0n) is 17.2. The lowest BCUT2D eigenvalue weighted by Gasteiger charge is -2.43. The number of carbonyl (C=O) groups excluding carboxylic acids is 1. The first-order valence-corrected chi connectivity index (χ1v) is 9.81. The van der Waals surface area contributed by atoms with Crippen LogP contribution >= 0.6 is 0 Å². The molecule has 0 saturated carbocycles. The minimum absolute atomic E-state index is 0.0253. The molecule has 1 aliphatic heterocycles. The highest BCUT2D eigenvalue weighted by Crippen LogP contribution is 2.47. The third-order valence-electron chi connectivity index (χ3n) is 5.39. The van der Waals surface area contributed by atoms with E-state index in [0.717, 1.165) is 5.56 Å². The zero-order chi connectivity index (χ0) is 21.2. The molecule has 6 heteroatoms. The summed E-state index contributed by atoms with van der Waals surface area (Å²) in [5.41, 5.74) is 0.864. The van der Waals surface area contributed by atoms with Gasteiger partial charge >= 0.3 is 0 Å². The molecule has 5 nitrogen and oxygen atoms in total. The molecule has 156 valence electrons. The molecule has 0 unspecified atom stereocenters. The van der Waals surface area contributed by atoms with Crippen LogP contribution in [0.25, 0.3) is 0 Å². The number of hydrogen-bond acceptors (Lipinski definition) is 4. The summed E-state index contributed by atoms with van der Waals surface area (Å²) in [7, 11) is 1.49. The number of rotatable bonds is 5. The molecule has 2 aromatic carbocycles. The Kier molecular flexibility index (Phi) is 6.13. The van der Waals surface area contributed by atoms with Gasteiger partial charge in [-0.3, -0.25) is 4.79 Å². The fourth-order valence-electron chi connectivity index (χ4n) is 3.76. The average Bonchev–Trinajstić information content (AvgIpc) is 2.67. The Morgan fingerprint density at radius 3 is 2.48 bits per heavy atom. The lowest BCUT2D eigenvalue weighted by molar-refractivity contribution is -0.131. The van der Waals surface area contributed by atoms with Crippen LogP contribution < -0.4 is 10.1 Å². The van der Waals surface area contributed by atoms with Crippen molar-refractivity contribution < 1.29 is 23.8 Å². The Morgan fingerprint density at radius 2 is 1.86 bits per heavy atom. The monoisotopic (exact) mass is 401 g/mol. The number of halogens is 1. The van der Waals surface area contributed by atoms with E-state index in [2.05, 4.69) is 5.32 Å². The molecule has 1 saturated heterocycles. The van der Waals surface area contributed by atoms with E-state index < -0.39 is 11.6 Å². The smallest absolute Gasteiger partial charge is 0.222 e. The van der Waals surface area contributed by atoms with E-state index in [0.29, 0.717) is 24.2 Å². The zero-order valence-corrected chi connectivity index (χ0v) is 17.2. The van der Waals surface area contributed by atoms with Crippen molar-refractivity contribution in [1.29, 1.82) is 0 Å². The maximum Gasteiger partial charge on any atom is 0.222 e. The largest absolute Gasteiger partial charge is 0.504 e. The summed E-state index contributed by atoms with van der Waals surface area (Å²) in [5, 5.41) is 13.8. The van der Waals surface area contributed by atoms with Crippen LogP contribution in [0.5, 0.6) is 11.5 Å². The van der Waals surface area contributed by atoms with E-state index in [1.807, 2.05) is 20.8 Å². The van der Waals surface area contributed by atoms with Gasteiger partial charge in [-0.2, -0.15) is 0 Å². The lowest BCUT2D eigenvalue weighted by atomic mass is 9.81. The van der Waals surface area contributed by atoms with E-state index in [4.69, 9.17) is 9.47 Å². The van der Waals surface area contributed by atoms with Crippen LogP contribution in [0.2, 0.25) is 0 Å². The fraction of sp³-hybridized carbons (Fsp3) is 0.435. The number of hydrogen-bond donors (Lipinski definition) is 2. The van der Waals surface area contributed by atoms with Crippen molar-refractivity contribution in [2.75, 3.05) is 7.11 Å². The van der Waals surface area contributed by atoms with Gasteiger partial charge in [-0.05, 0) is 30.7 Å². The molecule has 1 heterocycles. The van der Waals surface area contributed by atoms with Gasteiger partial charge in [0.25, 0.3) is 0 Å². The van der Waals surface area contributed by atoms with Gasteiger partial charge in [-0.15, -0.1) is 0 Å². The van der Waals surface area contributed by atoms with Crippen molar-refractivity contribution in [2.45, 2.75) is 51.4 Å². The van der Waals surface area contributed by atoms with Crippen LogP contribution in [0.3, 0.4) is 0 Å². The molecule has 0 aliphatic carbocycles. The molecule has 29 heavy (non-hydrogen) atoms. The summed E-state index contributed by atoms with van der Waals surface area (Å²) in [5.74, 6) is -0.119. The first-order valence-electron chi connectivity index (χ1n) is 9.81. The topological polar surface area (TPSA) is 67.8 Å². The number of amides is 1. The van der Waals surface area contributed by atoms with Crippen LogP contribution in [-0.4, -0.2) is 23.7 Å². The highest BCUT2D eigenvalue weighted by molar-refractivity contribution is 5.78. The van der Waals surface area contributed by atoms with Gasteiger partial charge in [0.2, 0.25) is 5.91 Å². The van der Waals surface area contributed by atoms with Crippen molar-refractivity contribution in [1.82, 2.24) is 5.32 Å². The number of aromatic hydroxyl groups is 1.